The molecule has 0 radical (unpaired) electrons. The van der Waals surface area contributed by atoms with Crippen molar-refractivity contribution in [1.82, 2.24) is 19.5 Å². The predicted octanol–water partition coefficient (Wildman–Crippen LogP) is -0.0242. The summed E-state index contributed by atoms with van der Waals surface area (Å²) in [5, 5.41) is 13.4. The smallest absolute Gasteiger partial charge is 0.317 e. The first kappa shape index (κ1) is 12.7. The van der Waals surface area contributed by atoms with Crippen LogP contribution in [0.5, 0.6) is 0 Å². The molecule has 0 aliphatic heterocycles. The number of carboxylic acid groups (broad SMARTS) is 1. The van der Waals surface area contributed by atoms with Gasteiger partial charge in [0.15, 0.2) is 0 Å². The van der Waals surface area contributed by atoms with E-state index < -0.39 is 5.97 Å². The van der Waals surface area contributed by atoms with Gasteiger partial charge in [-0.2, -0.15) is 9.61 Å². The summed E-state index contributed by atoms with van der Waals surface area (Å²) in [4.78, 5) is 28.5. The van der Waals surface area contributed by atoms with Gasteiger partial charge >= 0.3 is 5.97 Å². The zero-order chi connectivity index (χ0) is 13.3. The molecule has 1 N–H and O–H groups in total. The molecule has 0 amide bonds. The number of nitrogens with zero attached hydrogens (tertiary/aromatic N) is 4. The Balaban J connectivity index is 2.28. The Morgan fingerprint density at radius 1 is 1.61 bits per heavy atom. The van der Waals surface area contributed by atoms with E-state index in [-0.39, 0.29) is 12.1 Å². The van der Waals surface area contributed by atoms with Crippen LogP contribution in [0.3, 0.4) is 0 Å². The van der Waals surface area contributed by atoms with Crippen molar-refractivity contribution >= 4 is 22.3 Å². The van der Waals surface area contributed by atoms with Gasteiger partial charge in [-0.25, -0.2) is 4.98 Å². The lowest BCUT2D eigenvalue weighted by atomic mass is 10.5. The van der Waals surface area contributed by atoms with E-state index in [0.29, 0.717) is 22.2 Å². The van der Waals surface area contributed by atoms with Gasteiger partial charge in [0.1, 0.15) is 5.01 Å². The fourth-order valence-electron chi connectivity index (χ4n) is 1.54. The van der Waals surface area contributed by atoms with Crippen molar-refractivity contribution in [2.75, 3.05) is 13.6 Å². The second-order valence-corrected chi connectivity index (χ2v) is 5.03. The lowest BCUT2D eigenvalue weighted by Gasteiger charge is -2.10. The number of hydrogen-bond acceptors (Lipinski definition) is 6. The highest BCUT2D eigenvalue weighted by atomic mass is 32.1. The van der Waals surface area contributed by atoms with Gasteiger partial charge in [0, 0.05) is 11.8 Å². The molecule has 2 rings (SSSR count). The number of hydrogen-bond donors (Lipinski definition) is 1. The van der Waals surface area contributed by atoms with Gasteiger partial charge in [0.2, 0.25) is 4.96 Å². The van der Waals surface area contributed by atoms with E-state index in [1.54, 1.807) is 18.9 Å². The van der Waals surface area contributed by atoms with Crippen molar-refractivity contribution in [3.63, 3.8) is 0 Å². The van der Waals surface area contributed by atoms with Gasteiger partial charge in [0.05, 0.1) is 13.1 Å². The van der Waals surface area contributed by atoms with Crippen LogP contribution in [-0.2, 0) is 11.3 Å². The van der Waals surface area contributed by atoms with E-state index in [0.717, 1.165) is 0 Å². The van der Waals surface area contributed by atoms with Crippen LogP contribution in [0.1, 0.15) is 10.7 Å². The maximum atomic E-state index is 11.6. The monoisotopic (exact) mass is 268 g/mol. The Morgan fingerprint density at radius 2 is 2.33 bits per heavy atom. The second-order valence-electron chi connectivity index (χ2n) is 3.99. The van der Waals surface area contributed by atoms with Gasteiger partial charge in [0.25, 0.3) is 5.56 Å². The summed E-state index contributed by atoms with van der Waals surface area (Å²) in [6.45, 7) is 2.05. The third-order valence-corrected chi connectivity index (χ3v) is 3.12. The largest absolute Gasteiger partial charge is 0.480 e. The van der Waals surface area contributed by atoms with Crippen LogP contribution in [-0.4, -0.2) is 44.2 Å². The average Bonchev–Trinajstić information content (AvgIpc) is 2.58. The number of carboxylic acids is 1. The molecular formula is C10H12N4O3S. The first-order valence-corrected chi connectivity index (χ1v) is 6.04. The summed E-state index contributed by atoms with van der Waals surface area (Å²) in [5.41, 5.74) is 0.426. The number of aryl methyl sites for hydroxylation is 1. The van der Waals surface area contributed by atoms with Crippen LogP contribution in [0.4, 0.5) is 0 Å². The standard InChI is InChI=1S/C10H12N4O3S/c1-6-3-8(15)14-10(11-6)18-7(12-14)4-13(2)5-9(16)17/h3H,4-5H2,1-2H3,(H,16,17). The summed E-state index contributed by atoms with van der Waals surface area (Å²) in [6, 6.07) is 1.41. The highest BCUT2D eigenvalue weighted by Gasteiger charge is 2.11. The minimum atomic E-state index is -0.898. The normalized spacial score (nSPS) is 11.3. The number of rotatable bonds is 4. The zero-order valence-corrected chi connectivity index (χ0v) is 10.8. The first-order valence-electron chi connectivity index (χ1n) is 5.22. The van der Waals surface area contributed by atoms with Gasteiger partial charge in [-0.05, 0) is 14.0 Å². The quantitative estimate of drug-likeness (QED) is 0.838. The minimum absolute atomic E-state index is 0.0721. The van der Waals surface area contributed by atoms with Crippen LogP contribution >= 0.6 is 11.3 Å². The number of aromatic nitrogens is 3. The fraction of sp³-hybridized carbons (Fsp3) is 0.400. The van der Waals surface area contributed by atoms with Crippen LogP contribution < -0.4 is 5.56 Å². The zero-order valence-electron chi connectivity index (χ0n) is 9.95. The molecule has 0 aliphatic carbocycles. The average molecular weight is 268 g/mol. The number of aliphatic carboxylic acids is 1. The molecule has 18 heavy (non-hydrogen) atoms. The summed E-state index contributed by atoms with van der Waals surface area (Å²) >= 11 is 1.29. The van der Waals surface area contributed by atoms with Crippen molar-refractivity contribution in [3.05, 3.63) is 27.1 Å². The Bertz CT molecular complexity index is 648. The molecule has 0 aromatic carbocycles. The number of carbonyl (C=O) groups is 1. The summed E-state index contributed by atoms with van der Waals surface area (Å²) < 4.78 is 1.24. The van der Waals surface area contributed by atoms with E-state index in [1.807, 2.05) is 0 Å². The van der Waals surface area contributed by atoms with Gasteiger partial charge in [-0.3, -0.25) is 14.5 Å². The first-order chi connectivity index (χ1) is 8.45. The molecule has 0 atom stereocenters. The maximum Gasteiger partial charge on any atom is 0.317 e. The van der Waals surface area contributed by atoms with Crippen molar-refractivity contribution in [3.8, 4) is 0 Å². The Kier molecular flexibility index (Phi) is 3.39. The van der Waals surface area contributed by atoms with E-state index in [1.165, 1.54) is 21.9 Å². The van der Waals surface area contributed by atoms with E-state index >= 15 is 0 Å². The molecule has 2 aromatic heterocycles. The van der Waals surface area contributed by atoms with Crippen LogP contribution in [0, 0.1) is 6.92 Å². The van der Waals surface area contributed by atoms with Crippen molar-refractivity contribution in [1.29, 1.82) is 0 Å². The SMILES string of the molecule is Cc1cc(=O)n2nc(CN(C)CC(=O)O)sc2n1. The third-order valence-electron chi connectivity index (χ3n) is 2.23. The van der Waals surface area contributed by atoms with Crippen LogP contribution in [0.25, 0.3) is 4.96 Å². The highest BCUT2D eigenvalue weighted by Crippen LogP contribution is 2.12. The minimum Gasteiger partial charge on any atom is -0.480 e. The van der Waals surface area contributed by atoms with Gasteiger partial charge < -0.3 is 5.11 Å². The molecule has 0 saturated heterocycles. The van der Waals surface area contributed by atoms with Gasteiger partial charge in [-0.15, -0.1) is 0 Å². The topological polar surface area (TPSA) is 87.8 Å². The Morgan fingerprint density at radius 3 is 3.00 bits per heavy atom. The van der Waals surface area contributed by atoms with E-state index in [4.69, 9.17) is 5.11 Å². The Hall–Kier alpha value is -1.80. The molecular weight excluding hydrogens is 256 g/mol. The lowest BCUT2D eigenvalue weighted by molar-refractivity contribution is -0.138. The molecule has 0 spiro atoms. The van der Waals surface area contributed by atoms with Crippen molar-refractivity contribution in [2.45, 2.75) is 13.5 Å². The molecule has 0 aliphatic rings. The molecule has 96 valence electrons. The number of fused-ring (bicyclic) bond motifs is 1. The third kappa shape index (κ3) is 2.71. The summed E-state index contributed by atoms with van der Waals surface area (Å²) in [5.74, 6) is -0.898. The Labute approximate surface area is 106 Å². The molecule has 8 heteroatoms. The van der Waals surface area contributed by atoms with Crippen molar-refractivity contribution < 1.29 is 9.90 Å². The molecule has 0 unspecified atom stereocenters. The van der Waals surface area contributed by atoms with Crippen LogP contribution in [0.15, 0.2) is 10.9 Å². The lowest BCUT2D eigenvalue weighted by Crippen LogP contribution is -2.25. The van der Waals surface area contributed by atoms with E-state index in [9.17, 15) is 9.59 Å². The predicted molar refractivity (Wildman–Crippen MR) is 65.8 cm³/mol. The fourth-order valence-corrected chi connectivity index (χ4v) is 2.57. The maximum absolute atomic E-state index is 11.6. The molecule has 2 aromatic rings. The van der Waals surface area contributed by atoms with Crippen molar-refractivity contribution in [2.24, 2.45) is 0 Å². The highest BCUT2D eigenvalue weighted by molar-refractivity contribution is 7.16. The van der Waals surface area contributed by atoms with Crippen LogP contribution in [0.2, 0.25) is 0 Å². The molecule has 0 fully saturated rings. The molecule has 2 heterocycles. The van der Waals surface area contributed by atoms with Gasteiger partial charge in [-0.1, -0.05) is 11.3 Å². The molecule has 0 saturated carbocycles. The summed E-state index contributed by atoms with van der Waals surface area (Å²) in [6.07, 6.45) is 0. The van der Waals surface area contributed by atoms with E-state index in [2.05, 4.69) is 10.1 Å². The molecule has 0 bridgehead atoms. The summed E-state index contributed by atoms with van der Waals surface area (Å²) in [7, 11) is 1.68. The second kappa shape index (κ2) is 4.83. The number of likely N-dealkylation sites (N-methyl/N-ethyl adjacent to an activating group) is 1. The molecule has 7 nitrogen and oxygen atoms in total.